The Morgan fingerprint density at radius 2 is 1.97 bits per heavy atom. The van der Waals surface area contributed by atoms with Gasteiger partial charge in [0.2, 0.25) is 10.0 Å². The average Bonchev–Trinajstić information content (AvgIpc) is 3.55. The lowest BCUT2D eigenvalue weighted by atomic mass is 9.98. The Morgan fingerprint density at radius 3 is 2.56 bits per heavy atom. The second-order valence-electron chi connectivity index (χ2n) is 7.92. The third kappa shape index (κ3) is 5.69. The van der Waals surface area contributed by atoms with Gasteiger partial charge in [0.25, 0.3) is 5.91 Å². The fourth-order valence-corrected chi connectivity index (χ4v) is 4.08. The maximum Gasteiger partial charge on any atom is 0.267 e. The largest absolute Gasteiger partial charge is 0.458 e. The van der Waals surface area contributed by atoms with Crippen molar-refractivity contribution in [1.29, 1.82) is 0 Å². The maximum absolute atomic E-state index is 14.7. The average molecular weight is 477 g/mol. The topological polar surface area (TPSA) is 75.7 Å². The standard InChI is InChI=1S/C23H22ClFN2O4S/c1-32(29,30)26-23(28)21-13-20(15-2-3-15)16(12-22(21)25)14-27-10-8-19(9-11-27)31-18-6-4-17(24)5-7-18/h4-10,12-13,15H,2-3,11,14H2,1H3,(H,26,28). The molecule has 0 bridgehead atoms. The van der Waals surface area contributed by atoms with Gasteiger partial charge in [-0.25, -0.2) is 17.5 Å². The minimum absolute atomic E-state index is 0.253. The third-order valence-corrected chi connectivity index (χ3v) is 5.98. The SMILES string of the molecule is CS(=O)(=O)NC(=O)c1cc(C2CC2)c(CN2C=CC(Oc3ccc(Cl)cc3)=CC2)cc1F. The number of nitrogens with one attached hydrogen (secondary N) is 1. The van der Waals surface area contributed by atoms with Gasteiger partial charge in [0.1, 0.15) is 17.3 Å². The van der Waals surface area contributed by atoms with Crippen LogP contribution in [-0.2, 0) is 16.6 Å². The molecule has 1 fully saturated rings. The molecular formula is C23H22ClFN2O4S. The molecule has 0 spiro atoms. The number of carbonyl (C=O) groups is 1. The molecule has 168 valence electrons. The summed E-state index contributed by atoms with van der Waals surface area (Å²) in [5, 5.41) is 0.634. The highest BCUT2D eigenvalue weighted by atomic mass is 35.5. The lowest BCUT2D eigenvalue weighted by molar-refractivity contribution is 0.0977. The molecule has 0 aromatic heterocycles. The smallest absolute Gasteiger partial charge is 0.267 e. The molecule has 0 unspecified atom stereocenters. The highest BCUT2D eigenvalue weighted by Gasteiger charge is 2.29. The number of allylic oxidation sites excluding steroid dienone is 1. The van der Waals surface area contributed by atoms with Crippen molar-refractivity contribution in [2.45, 2.75) is 25.3 Å². The second kappa shape index (κ2) is 8.96. The van der Waals surface area contributed by atoms with Crippen LogP contribution in [0.2, 0.25) is 5.02 Å². The molecule has 1 heterocycles. The summed E-state index contributed by atoms with van der Waals surface area (Å²) >= 11 is 5.89. The minimum atomic E-state index is -3.78. The summed E-state index contributed by atoms with van der Waals surface area (Å²) in [7, 11) is -3.78. The molecule has 32 heavy (non-hydrogen) atoms. The van der Waals surface area contributed by atoms with Crippen LogP contribution in [0.5, 0.6) is 5.75 Å². The minimum Gasteiger partial charge on any atom is -0.458 e. The Kier molecular flexibility index (Phi) is 6.26. The molecule has 1 aliphatic carbocycles. The highest BCUT2D eigenvalue weighted by Crippen LogP contribution is 2.42. The second-order valence-corrected chi connectivity index (χ2v) is 10.1. The Morgan fingerprint density at radius 1 is 1.25 bits per heavy atom. The number of benzene rings is 2. The van der Waals surface area contributed by atoms with Crippen molar-refractivity contribution < 1.29 is 22.3 Å². The molecule has 1 N–H and O–H groups in total. The van der Waals surface area contributed by atoms with Crippen molar-refractivity contribution in [3.63, 3.8) is 0 Å². The molecule has 0 atom stereocenters. The molecule has 9 heteroatoms. The van der Waals surface area contributed by atoms with Crippen molar-refractivity contribution in [3.05, 3.63) is 88.0 Å². The fraction of sp³-hybridized carbons (Fsp3) is 0.261. The van der Waals surface area contributed by atoms with Crippen LogP contribution in [0, 0.1) is 5.82 Å². The van der Waals surface area contributed by atoms with E-state index in [9.17, 15) is 17.6 Å². The third-order valence-electron chi connectivity index (χ3n) is 5.17. The van der Waals surface area contributed by atoms with Crippen LogP contribution >= 0.6 is 11.6 Å². The fourth-order valence-electron chi connectivity index (χ4n) is 3.51. The number of halogens is 2. The normalized spacial score (nSPS) is 16.0. The van der Waals surface area contributed by atoms with Gasteiger partial charge in [0.15, 0.2) is 0 Å². The van der Waals surface area contributed by atoms with Crippen LogP contribution < -0.4 is 9.46 Å². The molecule has 6 nitrogen and oxygen atoms in total. The van der Waals surface area contributed by atoms with Crippen molar-refractivity contribution >= 4 is 27.5 Å². The van der Waals surface area contributed by atoms with Crippen LogP contribution in [0.15, 0.2) is 60.5 Å². The van der Waals surface area contributed by atoms with Gasteiger partial charge >= 0.3 is 0 Å². The van der Waals surface area contributed by atoms with Crippen molar-refractivity contribution in [3.8, 4) is 5.75 Å². The van der Waals surface area contributed by atoms with Crippen molar-refractivity contribution in [1.82, 2.24) is 9.62 Å². The Hall–Kier alpha value is -2.84. The van der Waals surface area contributed by atoms with Crippen molar-refractivity contribution in [2.75, 3.05) is 12.8 Å². The molecule has 1 amide bonds. The zero-order valence-electron chi connectivity index (χ0n) is 17.3. The summed E-state index contributed by atoms with van der Waals surface area (Å²) in [4.78, 5) is 14.2. The molecule has 4 rings (SSSR count). The van der Waals surface area contributed by atoms with Crippen LogP contribution in [0.4, 0.5) is 4.39 Å². The number of ether oxygens (including phenoxy) is 1. The number of nitrogens with zero attached hydrogens (tertiary/aromatic N) is 1. The molecule has 1 aliphatic heterocycles. The summed E-state index contributed by atoms with van der Waals surface area (Å²) in [5.74, 6) is -0.0645. The van der Waals surface area contributed by atoms with E-state index in [1.54, 1.807) is 24.3 Å². The van der Waals surface area contributed by atoms with Gasteiger partial charge in [0, 0.05) is 24.3 Å². The van der Waals surface area contributed by atoms with E-state index in [1.165, 1.54) is 12.1 Å². The first-order valence-corrected chi connectivity index (χ1v) is 12.3. The van der Waals surface area contributed by atoms with Crippen LogP contribution in [-0.4, -0.2) is 32.0 Å². The van der Waals surface area contributed by atoms with Gasteiger partial charge in [-0.15, -0.1) is 0 Å². The van der Waals surface area contributed by atoms with Crippen LogP contribution in [0.1, 0.15) is 40.2 Å². The molecule has 0 radical (unpaired) electrons. The van der Waals surface area contributed by atoms with E-state index in [-0.39, 0.29) is 11.5 Å². The van der Waals surface area contributed by atoms with Crippen LogP contribution in [0.25, 0.3) is 0 Å². The first kappa shape index (κ1) is 22.4. The lowest BCUT2D eigenvalue weighted by Crippen LogP contribution is -2.30. The van der Waals surface area contributed by atoms with Gasteiger partial charge in [0.05, 0.1) is 11.8 Å². The van der Waals surface area contributed by atoms with E-state index in [0.717, 1.165) is 30.2 Å². The summed E-state index contributed by atoms with van der Waals surface area (Å²) in [5.41, 5.74) is 1.40. The van der Waals surface area contributed by atoms with E-state index in [2.05, 4.69) is 0 Å². The van der Waals surface area contributed by atoms with Gasteiger partial charge in [-0.2, -0.15) is 0 Å². The molecule has 2 aliphatic rings. The van der Waals surface area contributed by atoms with E-state index < -0.39 is 21.7 Å². The first-order chi connectivity index (χ1) is 15.2. The molecule has 0 saturated heterocycles. The quantitative estimate of drug-likeness (QED) is 0.643. The first-order valence-electron chi connectivity index (χ1n) is 10.1. The zero-order valence-corrected chi connectivity index (χ0v) is 18.9. The number of carbonyl (C=O) groups excluding carboxylic acids is 1. The molecule has 2 aromatic rings. The predicted octanol–water partition coefficient (Wildman–Crippen LogP) is 4.34. The Balaban J connectivity index is 1.47. The number of sulfonamides is 1. The Labute approximate surface area is 191 Å². The van der Waals surface area contributed by atoms with E-state index >= 15 is 0 Å². The number of hydrogen-bond acceptors (Lipinski definition) is 5. The van der Waals surface area contributed by atoms with E-state index in [1.807, 2.05) is 28.0 Å². The number of amides is 1. The van der Waals surface area contributed by atoms with Crippen molar-refractivity contribution in [2.24, 2.45) is 0 Å². The highest BCUT2D eigenvalue weighted by molar-refractivity contribution is 7.89. The van der Waals surface area contributed by atoms with E-state index in [0.29, 0.717) is 29.6 Å². The number of rotatable bonds is 7. The number of hydrogen-bond donors (Lipinski definition) is 1. The summed E-state index contributed by atoms with van der Waals surface area (Å²) < 4.78 is 45.1. The molecule has 1 saturated carbocycles. The summed E-state index contributed by atoms with van der Waals surface area (Å²) in [6.45, 7) is 1.03. The van der Waals surface area contributed by atoms with Gasteiger partial charge < -0.3 is 9.64 Å². The van der Waals surface area contributed by atoms with Crippen LogP contribution in [0.3, 0.4) is 0 Å². The molecule has 2 aromatic carbocycles. The summed E-state index contributed by atoms with van der Waals surface area (Å²) in [6.07, 6.45) is 8.42. The molecular weight excluding hydrogens is 455 g/mol. The van der Waals surface area contributed by atoms with Gasteiger partial charge in [-0.3, -0.25) is 4.79 Å². The Bertz CT molecular complexity index is 1210. The predicted molar refractivity (Wildman–Crippen MR) is 120 cm³/mol. The monoisotopic (exact) mass is 476 g/mol. The summed E-state index contributed by atoms with van der Waals surface area (Å²) in [6, 6.07) is 9.91. The maximum atomic E-state index is 14.7. The van der Waals surface area contributed by atoms with E-state index in [4.69, 9.17) is 16.3 Å². The lowest BCUT2D eigenvalue weighted by Gasteiger charge is -2.24. The zero-order chi connectivity index (χ0) is 22.9. The van der Waals surface area contributed by atoms with Gasteiger partial charge in [-0.05, 0) is 78.4 Å². The van der Waals surface area contributed by atoms with Gasteiger partial charge in [-0.1, -0.05) is 11.6 Å².